The van der Waals surface area contributed by atoms with Crippen LogP contribution in [0.3, 0.4) is 0 Å². The highest BCUT2D eigenvalue weighted by atomic mass is 16.5. The van der Waals surface area contributed by atoms with Crippen molar-refractivity contribution in [3.8, 4) is 22.9 Å². The van der Waals surface area contributed by atoms with Gasteiger partial charge in [0, 0.05) is 11.9 Å². The number of benzene rings is 2. The lowest BCUT2D eigenvalue weighted by atomic mass is 10.1. The van der Waals surface area contributed by atoms with E-state index in [-0.39, 0.29) is 12.4 Å². The zero-order valence-corrected chi connectivity index (χ0v) is 12.7. The number of phenolic OH excluding ortho intramolecular Hbond substituents is 1. The average Bonchev–Trinajstić information content (AvgIpc) is 2.59. The molecule has 0 aliphatic carbocycles. The number of hydrogen-bond donors (Lipinski definition) is 3. The molecule has 0 spiro atoms. The minimum Gasteiger partial charge on any atom is -0.504 e. The molecule has 3 N–H and O–H groups in total. The van der Waals surface area contributed by atoms with E-state index in [1.54, 1.807) is 18.2 Å². The Labute approximate surface area is 133 Å². The van der Waals surface area contributed by atoms with E-state index in [2.05, 4.69) is 15.3 Å². The molecule has 0 atom stereocenters. The van der Waals surface area contributed by atoms with E-state index in [1.165, 1.54) is 7.11 Å². The smallest absolute Gasteiger partial charge is 0.168 e. The van der Waals surface area contributed by atoms with Gasteiger partial charge in [-0.2, -0.15) is 0 Å². The highest BCUT2D eigenvalue weighted by molar-refractivity contribution is 5.91. The molecule has 23 heavy (non-hydrogen) atoms. The molecule has 0 amide bonds. The zero-order chi connectivity index (χ0) is 16.2. The number of rotatable bonds is 5. The normalized spacial score (nSPS) is 10.7. The number of fused-ring (bicyclic) bond motifs is 1. The topological polar surface area (TPSA) is 87.5 Å². The van der Waals surface area contributed by atoms with Crippen LogP contribution in [0.15, 0.2) is 42.5 Å². The number of para-hydroxylation sites is 2. The van der Waals surface area contributed by atoms with E-state index in [4.69, 9.17) is 9.84 Å². The second kappa shape index (κ2) is 6.50. The van der Waals surface area contributed by atoms with Crippen LogP contribution in [0.1, 0.15) is 0 Å². The molecule has 3 rings (SSSR count). The zero-order valence-electron chi connectivity index (χ0n) is 12.7. The summed E-state index contributed by atoms with van der Waals surface area (Å²) >= 11 is 0. The fourth-order valence-corrected chi connectivity index (χ4v) is 2.37. The van der Waals surface area contributed by atoms with Crippen molar-refractivity contribution in [2.75, 3.05) is 25.6 Å². The van der Waals surface area contributed by atoms with E-state index in [0.29, 0.717) is 29.5 Å². The maximum absolute atomic E-state index is 10.3. The largest absolute Gasteiger partial charge is 0.504 e. The second-order valence-corrected chi connectivity index (χ2v) is 4.92. The first-order valence-electron chi connectivity index (χ1n) is 7.22. The Bertz CT molecular complexity index is 836. The summed E-state index contributed by atoms with van der Waals surface area (Å²) in [6.45, 7) is 0.378. The van der Waals surface area contributed by atoms with Gasteiger partial charge in [0.1, 0.15) is 5.82 Å². The first-order valence-corrected chi connectivity index (χ1v) is 7.22. The molecular formula is C17H17N3O3. The molecule has 3 aromatic rings. The lowest BCUT2D eigenvalue weighted by Gasteiger charge is -2.12. The molecule has 2 aromatic carbocycles. The van der Waals surface area contributed by atoms with Gasteiger partial charge in [-0.3, -0.25) is 0 Å². The number of nitrogens with one attached hydrogen (secondary N) is 1. The van der Waals surface area contributed by atoms with Crippen LogP contribution in [0.25, 0.3) is 22.3 Å². The fraction of sp³-hybridized carbons (Fsp3) is 0.176. The summed E-state index contributed by atoms with van der Waals surface area (Å²) in [7, 11) is 1.49. The number of methoxy groups -OCH3 is 1. The van der Waals surface area contributed by atoms with E-state index in [9.17, 15) is 5.11 Å². The third kappa shape index (κ3) is 2.89. The lowest BCUT2D eigenvalue weighted by Crippen LogP contribution is -2.08. The van der Waals surface area contributed by atoms with E-state index in [0.717, 1.165) is 10.9 Å². The highest BCUT2D eigenvalue weighted by Gasteiger charge is 2.14. The van der Waals surface area contributed by atoms with Crippen LogP contribution in [0.2, 0.25) is 0 Å². The van der Waals surface area contributed by atoms with Gasteiger partial charge in [0.2, 0.25) is 0 Å². The number of phenols is 1. The summed E-state index contributed by atoms with van der Waals surface area (Å²) in [5.74, 6) is 1.37. The van der Waals surface area contributed by atoms with Crippen molar-refractivity contribution in [2.24, 2.45) is 0 Å². The van der Waals surface area contributed by atoms with Crippen molar-refractivity contribution in [1.82, 2.24) is 9.97 Å². The maximum Gasteiger partial charge on any atom is 0.168 e. The fourth-order valence-electron chi connectivity index (χ4n) is 2.37. The summed E-state index contributed by atoms with van der Waals surface area (Å²) < 4.78 is 5.14. The summed E-state index contributed by atoms with van der Waals surface area (Å²) in [4.78, 5) is 9.02. The van der Waals surface area contributed by atoms with Crippen molar-refractivity contribution in [3.05, 3.63) is 42.5 Å². The summed E-state index contributed by atoms with van der Waals surface area (Å²) in [6, 6.07) is 12.8. The molecule has 0 bridgehead atoms. The lowest BCUT2D eigenvalue weighted by molar-refractivity contribution is 0.311. The Hall–Kier alpha value is -2.86. The van der Waals surface area contributed by atoms with Gasteiger partial charge in [-0.25, -0.2) is 9.97 Å². The molecule has 0 saturated heterocycles. The number of aliphatic hydroxyl groups is 1. The number of aromatic hydroxyl groups is 1. The summed E-state index contributed by atoms with van der Waals surface area (Å²) in [6.07, 6.45) is 0. The molecular weight excluding hydrogens is 294 g/mol. The van der Waals surface area contributed by atoms with E-state index < -0.39 is 0 Å². The second-order valence-electron chi connectivity index (χ2n) is 4.92. The van der Waals surface area contributed by atoms with Crippen LogP contribution < -0.4 is 10.1 Å². The molecule has 0 saturated carbocycles. The molecule has 0 radical (unpaired) electrons. The van der Waals surface area contributed by atoms with Crippen molar-refractivity contribution < 1.29 is 14.9 Å². The van der Waals surface area contributed by atoms with Crippen molar-refractivity contribution in [2.45, 2.75) is 0 Å². The van der Waals surface area contributed by atoms with Gasteiger partial charge >= 0.3 is 0 Å². The Morgan fingerprint density at radius 2 is 1.91 bits per heavy atom. The van der Waals surface area contributed by atoms with Crippen molar-refractivity contribution in [3.63, 3.8) is 0 Å². The molecule has 118 valence electrons. The molecule has 6 heteroatoms. The molecule has 0 unspecified atom stereocenters. The number of nitrogens with zero attached hydrogens (tertiary/aromatic N) is 2. The van der Waals surface area contributed by atoms with Crippen LogP contribution in [0.4, 0.5) is 5.82 Å². The highest BCUT2D eigenvalue weighted by Crippen LogP contribution is 2.36. The number of hydrogen-bond acceptors (Lipinski definition) is 6. The first kappa shape index (κ1) is 15.1. The molecule has 1 aromatic heterocycles. The molecule has 6 nitrogen and oxygen atoms in total. The van der Waals surface area contributed by atoms with Crippen molar-refractivity contribution in [1.29, 1.82) is 0 Å². The van der Waals surface area contributed by atoms with Crippen LogP contribution in [-0.4, -0.2) is 40.4 Å². The Morgan fingerprint density at radius 1 is 1.09 bits per heavy atom. The molecule has 1 heterocycles. The predicted molar refractivity (Wildman–Crippen MR) is 88.8 cm³/mol. The van der Waals surface area contributed by atoms with Crippen LogP contribution in [0.5, 0.6) is 11.5 Å². The van der Waals surface area contributed by atoms with E-state index >= 15 is 0 Å². The average molecular weight is 311 g/mol. The number of aromatic nitrogens is 2. The van der Waals surface area contributed by atoms with Gasteiger partial charge < -0.3 is 20.3 Å². The summed E-state index contributed by atoms with van der Waals surface area (Å²) in [5, 5.41) is 23.3. The van der Waals surface area contributed by atoms with Gasteiger partial charge in [0.05, 0.1) is 24.8 Å². The number of ether oxygens (including phenoxy) is 1. The molecule has 0 aliphatic rings. The van der Waals surface area contributed by atoms with Gasteiger partial charge in [-0.1, -0.05) is 18.2 Å². The monoisotopic (exact) mass is 311 g/mol. The number of aliphatic hydroxyl groups excluding tert-OH is 1. The summed E-state index contributed by atoms with van der Waals surface area (Å²) in [5.41, 5.74) is 1.24. The first-order chi connectivity index (χ1) is 11.2. The Kier molecular flexibility index (Phi) is 4.25. The minimum atomic E-state index is -0.00191. The predicted octanol–water partition coefficient (Wildman–Crippen LogP) is 2.42. The van der Waals surface area contributed by atoms with Crippen molar-refractivity contribution >= 4 is 16.7 Å². The third-order valence-corrected chi connectivity index (χ3v) is 3.47. The third-order valence-electron chi connectivity index (χ3n) is 3.47. The van der Waals surface area contributed by atoms with E-state index in [1.807, 2.05) is 24.3 Å². The Balaban J connectivity index is 2.18. The van der Waals surface area contributed by atoms with Crippen LogP contribution >= 0.6 is 0 Å². The van der Waals surface area contributed by atoms with Gasteiger partial charge in [0.25, 0.3) is 0 Å². The van der Waals surface area contributed by atoms with Gasteiger partial charge in [-0.15, -0.1) is 0 Å². The van der Waals surface area contributed by atoms with Gasteiger partial charge in [-0.05, 0) is 24.3 Å². The standard InChI is InChI=1S/C17H17N3O3/c1-23-14-8-4-6-12(15(14)22)17-19-13-7-3-2-5-11(13)16(20-17)18-9-10-21/h2-8,21-22H,9-10H2,1H3,(H,18,19,20). The quantitative estimate of drug-likeness (QED) is 0.671. The minimum absolute atomic E-state index is 0.00149. The molecule has 0 fully saturated rings. The van der Waals surface area contributed by atoms with Crippen LogP contribution in [-0.2, 0) is 0 Å². The Morgan fingerprint density at radius 3 is 2.70 bits per heavy atom. The molecule has 0 aliphatic heterocycles. The van der Waals surface area contributed by atoms with Gasteiger partial charge in [0.15, 0.2) is 17.3 Å². The van der Waals surface area contributed by atoms with Crippen LogP contribution in [0, 0.1) is 0 Å². The number of anilines is 1. The maximum atomic E-state index is 10.3. The SMILES string of the molecule is COc1cccc(-c2nc(NCCO)c3ccccc3n2)c1O.